The normalized spacial score (nSPS) is 14.1. The summed E-state index contributed by atoms with van der Waals surface area (Å²) < 4.78 is 0.512. The zero-order valence-corrected chi connectivity index (χ0v) is 10.1. The summed E-state index contributed by atoms with van der Waals surface area (Å²) >= 11 is 7.04. The van der Waals surface area contributed by atoms with Crippen LogP contribution in [0.2, 0.25) is 4.47 Å². The number of aliphatic hydroxyl groups is 1. The van der Waals surface area contributed by atoms with Crippen LogP contribution in [0.1, 0.15) is 20.8 Å². The van der Waals surface area contributed by atoms with Crippen LogP contribution in [0.15, 0.2) is 5.38 Å². The number of hydrogen-bond acceptors (Lipinski definition) is 4. The summed E-state index contributed by atoms with van der Waals surface area (Å²) in [5, 5.41) is 14.6. The van der Waals surface area contributed by atoms with Gasteiger partial charge < -0.3 is 10.4 Å². The topological polar surface area (TPSA) is 45.1 Å². The summed E-state index contributed by atoms with van der Waals surface area (Å²) in [6.07, 6.45) is -0.400. The zero-order valence-electron chi connectivity index (χ0n) is 8.54. The predicted molar refractivity (Wildman–Crippen MR) is 61.1 cm³/mol. The van der Waals surface area contributed by atoms with Crippen molar-refractivity contribution < 1.29 is 5.11 Å². The first-order valence-electron chi connectivity index (χ1n) is 4.42. The van der Waals surface area contributed by atoms with Crippen molar-refractivity contribution in [2.24, 2.45) is 5.41 Å². The summed E-state index contributed by atoms with van der Waals surface area (Å²) in [7, 11) is 0. The summed E-state index contributed by atoms with van der Waals surface area (Å²) in [5.41, 5.74) is -0.118. The van der Waals surface area contributed by atoms with Crippen LogP contribution in [0, 0.1) is 5.41 Å². The Kier molecular flexibility index (Phi) is 3.75. The fourth-order valence-electron chi connectivity index (χ4n) is 0.840. The molecule has 0 aliphatic heterocycles. The van der Waals surface area contributed by atoms with E-state index in [0.29, 0.717) is 11.0 Å². The maximum Gasteiger partial charge on any atom is 0.185 e. The van der Waals surface area contributed by atoms with Crippen molar-refractivity contribution in [1.82, 2.24) is 4.98 Å². The van der Waals surface area contributed by atoms with E-state index in [-0.39, 0.29) is 5.41 Å². The number of hydrogen-bond donors (Lipinski definition) is 2. The van der Waals surface area contributed by atoms with Crippen molar-refractivity contribution in [2.45, 2.75) is 26.9 Å². The van der Waals surface area contributed by atoms with Crippen LogP contribution in [0.4, 0.5) is 5.82 Å². The number of nitrogens with one attached hydrogen (secondary N) is 1. The first-order chi connectivity index (χ1) is 6.39. The van der Waals surface area contributed by atoms with Crippen molar-refractivity contribution in [3.05, 3.63) is 9.85 Å². The molecular weight excluding hydrogens is 220 g/mol. The maximum absolute atomic E-state index is 9.73. The molecule has 1 aromatic rings. The fraction of sp³-hybridized carbons (Fsp3) is 0.667. The van der Waals surface area contributed by atoms with Crippen molar-refractivity contribution in [2.75, 3.05) is 11.9 Å². The molecule has 1 atom stereocenters. The molecule has 1 aromatic heterocycles. The van der Waals surface area contributed by atoms with Crippen LogP contribution >= 0.6 is 22.9 Å². The number of anilines is 1. The van der Waals surface area contributed by atoms with Gasteiger partial charge in [-0.2, -0.15) is 0 Å². The Morgan fingerprint density at radius 1 is 1.64 bits per heavy atom. The maximum atomic E-state index is 9.73. The molecule has 1 heterocycles. The van der Waals surface area contributed by atoms with Gasteiger partial charge >= 0.3 is 0 Å². The summed E-state index contributed by atoms with van der Waals surface area (Å²) in [6, 6.07) is 0. The molecule has 0 spiro atoms. The largest absolute Gasteiger partial charge is 0.391 e. The number of thiazole rings is 1. The van der Waals surface area contributed by atoms with Crippen molar-refractivity contribution in [1.29, 1.82) is 0 Å². The van der Waals surface area contributed by atoms with Gasteiger partial charge in [-0.1, -0.05) is 32.4 Å². The highest BCUT2D eigenvalue weighted by atomic mass is 35.5. The van der Waals surface area contributed by atoms with Crippen LogP contribution in [-0.4, -0.2) is 22.7 Å². The number of rotatable bonds is 3. The van der Waals surface area contributed by atoms with E-state index in [1.54, 1.807) is 0 Å². The summed E-state index contributed by atoms with van der Waals surface area (Å²) in [5.74, 6) is 0.725. The molecule has 0 radical (unpaired) electrons. The van der Waals surface area contributed by atoms with E-state index in [1.165, 1.54) is 11.3 Å². The van der Waals surface area contributed by atoms with Crippen LogP contribution in [0.25, 0.3) is 0 Å². The van der Waals surface area contributed by atoms with Gasteiger partial charge in [0.25, 0.3) is 0 Å². The highest BCUT2D eigenvalue weighted by Gasteiger charge is 2.21. The quantitative estimate of drug-likeness (QED) is 0.845. The van der Waals surface area contributed by atoms with Gasteiger partial charge in [-0.25, -0.2) is 4.98 Å². The molecule has 0 aromatic carbocycles. The Labute approximate surface area is 93.1 Å². The van der Waals surface area contributed by atoms with Crippen LogP contribution < -0.4 is 5.32 Å². The van der Waals surface area contributed by atoms with Crippen LogP contribution in [0.5, 0.6) is 0 Å². The average molecular weight is 235 g/mol. The van der Waals surface area contributed by atoms with Crippen LogP contribution in [0.3, 0.4) is 0 Å². The zero-order chi connectivity index (χ0) is 10.8. The van der Waals surface area contributed by atoms with Crippen LogP contribution in [-0.2, 0) is 0 Å². The highest BCUT2D eigenvalue weighted by Crippen LogP contribution is 2.21. The molecule has 5 heteroatoms. The van der Waals surface area contributed by atoms with Gasteiger partial charge in [0.15, 0.2) is 4.47 Å². The minimum Gasteiger partial charge on any atom is -0.391 e. The van der Waals surface area contributed by atoms with E-state index >= 15 is 0 Å². The highest BCUT2D eigenvalue weighted by molar-refractivity contribution is 7.14. The standard InChI is InChI=1S/C9H15ClN2OS/c1-9(2,3)6(13)4-11-7-5-14-8(10)12-7/h5-6,11,13H,4H2,1-3H3. The van der Waals surface area contributed by atoms with E-state index in [9.17, 15) is 5.11 Å². The molecule has 0 aliphatic carbocycles. The Morgan fingerprint density at radius 3 is 2.71 bits per heavy atom. The van der Waals surface area contributed by atoms with Gasteiger partial charge in [-0.15, -0.1) is 11.3 Å². The van der Waals surface area contributed by atoms with Crippen molar-refractivity contribution in [3.8, 4) is 0 Å². The Morgan fingerprint density at radius 2 is 2.29 bits per heavy atom. The predicted octanol–water partition coefficient (Wildman–Crippen LogP) is 2.62. The molecule has 0 saturated carbocycles. The Balaban J connectivity index is 2.41. The van der Waals surface area contributed by atoms with E-state index in [1.807, 2.05) is 26.2 Å². The molecule has 2 N–H and O–H groups in total. The second kappa shape index (κ2) is 4.47. The molecule has 0 fully saturated rings. The molecular formula is C9H15ClN2OS. The summed E-state index contributed by atoms with van der Waals surface area (Å²) in [4.78, 5) is 4.03. The first-order valence-corrected chi connectivity index (χ1v) is 5.68. The van der Waals surface area contributed by atoms with Gasteiger partial charge in [-0.3, -0.25) is 0 Å². The van der Waals surface area contributed by atoms with Crippen molar-refractivity contribution in [3.63, 3.8) is 0 Å². The third kappa shape index (κ3) is 3.44. The molecule has 0 saturated heterocycles. The second-order valence-corrected chi connectivity index (χ2v) is 5.69. The smallest absolute Gasteiger partial charge is 0.185 e. The molecule has 0 bridgehead atoms. The minimum atomic E-state index is -0.400. The van der Waals surface area contributed by atoms with Gasteiger partial charge in [0.1, 0.15) is 5.82 Å². The number of halogens is 1. The monoisotopic (exact) mass is 234 g/mol. The number of aromatic nitrogens is 1. The fourth-order valence-corrected chi connectivity index (χ4v) is 1.56. The van der Waals surface area contributed by atoms with Gasteiger partial charge in [0.2, 0.25) is 0 Å². The molecule has 3 nitrogen and oxygen atoms in total. The third-order valence-corrected chi connectivity index (χ3v) is 2.93. The molecule has 1 rings (SSSR count). The molecule has 0 amide bonds. The molecule has 80 valence electrons. The average Bonchev–Trinajstić information content (AvgIpc) is 2.45. The SMILES string of the molecule is CC(C)(C)C(O)CNc1csc(Cl)n1. The first kappa shape index (κ1) is 11.8. The molecule has 0 aliphatic rings. The Hall–Kier alpha value is -0.320. The van der Waals surface area contributed by atoms with E-state index in [4.69, 9.17) is 11.6 Å². The third-order valence-electron chi connectivity index (χ3n) is 1.95. The number of nitrogens with zero attached hydrogens (tertiary/aromatic N) is 1. The van der Waals surface area contributed by atoms with Gasteiger partial charge in [-0.05, 0) is 5.41 Å². The lowest BCUT2D eigenvalue weighted by Crippen LogP contribution is -2.32. The second-order valence-electron chi connectivity index (χ2n) is 4.25. The molecule has 14 heavy (non-hydrogen) atoms. The molecule has 1 unspecified atom stereocenters. The lowest BCUT2D eigenvalue weighted by Gasteiger charge is -2.25. The lowest BCUT2D eigenvalue weighted by atomic mass is 9.89. The van der Waals surface area contributed by atoms with Crippen molar-refractivity contribution >= 4 is 28.8 Å². The van der Waals surface area contributed by atoms with E-state index in [0.717, 1.165) is 5.82 Å². The lowest BCUT2D eigenvalue weighted by molar-refractivity contribution is 0.0745. The van der Waals surface area contributed by atoms with E-state index < -0.39 is 6.10 Å². The number of aliphatic hydroxyl groups excluding tert-OH is 1. The van der Waals surface area contributed by atoms with E-state index in [2.05, 4.69) is 10.3 Å². The minimum absolute atomic E-state index is 0.118. The van der Waals surface area contributed by atoms with Gasteiger partial charge in [0, 0.05) is 11.9 Å². The Bertz CT molecular complexity index is 295. The summed E-state index contributed by atoms with van der Waals surface area (Å²) in [6.45, 7) is 6.47. The van der Waals surface area contributed by atoms with Gasteiger partial charge in [0.05, 0.1) is 6.10 Å².